The molecule has 0 bridgehead atoms. The molecule has 0 amide bonds. The number of anilines is 1. The van der Waals surface area contributed by atoms with E-state index in [2.05, 4.69) is 33.5 Å². The second-order valence-corrected chi connectivity index (χ2v) is 4.04. The smallest absolute Gasteiger partial charge is 0.376 e. The first-order valence-electron chi connectivity index (χ1n) is 3.84. The molecule has 0 radical (unpaired) electrons. The highest BCUT2D eigenvalue weighted by Crippen LogP contribution is 2.35. The summed E-state index contributed by atoms with van der Waals surface area (Å²) in [7, 11) is 0. The third-order valence-corrected chi connectivity index (χ3v) is 2.52. The monoisotopic (exact) mass is 316 g/mol. The van der Waals surface area contributed by atoms with E-state index in [0.717, 1.165) is 0 Å². The molecule has 1 aromatic carbocycles. The zero-order chi connectivity index (χ0) is 12.5. The van der Waals surface area contributed by atoms with Crippen LogP contribution in [0.3, 0.4) is 0 Å². The van der Waals surface area contributed by atoms with Gasteiger partial charge in [0.15, 0.2) is 5.11 Å². The van der Waals surface area contributed by atoms with Crippen molar-refractivity contribution in [2.24, 2.45) is 5.73 Å². The van der Waals surface area contributed by atoms with Gasteiger partial charge in [0.2, 0.25) is 0 Å². The molecule has 8 heteroatoms. The van der Waals surface area contributed by atoms with Crippen LogP contribution in [0.4, 0.5) is 23.2 Å². The molecule has 0 aliphatic rings. The molecule has 0 atom stereocenters. The van der Waals surface area contributed by atoms with Gasteiger partial charge in [0.25, 0.3) is 0 Å². The van der Waals surface area contributed by atoms with Gasteiger partial charge < -0.3 is 11.1 Å². The molecule has 3 N–H and O–H groups in total. The lowest BCUT2D eigenvalue weighted by molar-refractivity contribution is -0.137. The van der Waals surface area contributed by atoms with Crippen LogP contribution >= 0.6 is 28.1 Å². The molecule has 0 spiro atoms. The molecule has 0 heterocycles. The van der Waals surface area contributed by atoms with Crippen LogP contribution in [0.15, 0.2) is 16.6 Å². The number of hydrogen-bond donors (Lipinski definition) is 2. The first-order chi connectivity index (χ1) is 7.21. The third-order valence-electron chi connectivity index (χ3n) is 1.61. The first-order valence-corrected chi connectivity index (χ1v) is 5.04. The summed E-state index contributed by atoms with van der Waals surface area (Å²) in [6, 6.07) is 1.10. The van der Waals surface area contributed by atoms with E-state index >= 15 is 0 Å². The third kappa shape index (κ3) is 3.05. The predicted octanol–water partition coefficient (Wildman–Crippen LogP) is 3.26. The summed E-state index contributed by atoms with van der Waals surface area (Å²) in [4.78, 5) is 0. The number of halogens is 5. The number of rotatable bonds is 1. The van der Waals surface area contributed by atoms with Crippen molar-refractivity contribution in [3.05, 3.63) is 28.0 Å². The van der Waals surface area contributed by atoms with Gasteiger partial charge in [-0.25, -0.2) is 4.39 Å². The Kier molecular flexibility index (Phi) is 3.74. The van der Waals surface area contributed by atoms with E-state index in [1.807, 2.05) is 0 Å². The first kappa shape index (κ1) is 13.2. The Morgan fingerprint density at radius 2 is 1.94 bits per heavy atom. The lowest BCUT2D eigenvalue weighted by Crippen LogP contribution is -2.20. The Morgan fingerprint density at radius 1 is 1.38 bits per heavy atom. The Morgan fingerprint density at radius 3 is 2.38 bits per heavy atom. The van der Waals surface area contributed by atoms with Crippen LogP contribution in [-0.4, -0.2) is 5.11 Å². The summed E-state index contributed by atoms with van der Waals surface area (Å²) in [5.74, 6) is -1.05. The minimum atomic E-state index is -4.63. The zero-order valence-corrected chi connectivity index (χ0v) is 9.93. The van der Waals surface area contributed by atoms with Crippen molar-refractivity contribution in [1.82, 2.24) is 0 Å². The minimum absolute atomic E-state index is 0.159. The van der Waals surface area contributed by atoms with Gasteiger partial charge in [-0.15, -0.1) is 0 Å². The van der Waals surface area contributed by atoms with Crippen LogP contribution in [0.5, 0.6) is 0 Å². The van der Waals surface area contributed by atoms with Crippen molar-refractivity contribution in [2.75, 3.05) is 5.32 Å². The van der Waals surface area contributed by atoms with E-state index in [1.54, 1.807) is 0 Å². The molecule has 0 unspecified atom stereocenters. The molecule has 0 saturated carbocycles. The van der Waals surface area contributed by atoms with Gasteiger partial charge in [0, 0.05) is 0 Å². The maximum atomic E-state index is 13.1. The van der Waals surface area contributed by atoms with Gasteiger partial charge in [-0.1, -0.05) is 0 Å². The van der Waals surface area contributed by atoms with Crippen LogP contribution in [0.25, 0.3) is 0 Å². The topological polar surface area (TPSA) is 38.0 Å². The molecule has 1 rings (SSSR count). The van der Waals surface area contributed by atoms with Crippen LogP contribution in [0, 0.1) is 5.82 Å². The van der Waals surface area contributed by atoms with Crippen LogP contribution in [0.2, 0.25) is 0 Å². The van der Waals surface area contributed by atoms with Crippen LogP contribution in [0.1, 0.15) is 5.56 Å². The molecule has 16 heavy (non-hydrogen) atoms. The number of alkyl halides is 3. The molecular formula is C8H5BrF4N2S. The Bertz CT molecular complexity index is 433. The average Bonchev–Trinajstić information content (AvgIpc) is 2.10. The van der Waals surface area contributed by atoms with E-state index in [9.17, 15) is 17.6 Å². The maximum Gasteiger partial charge on any atom is 0.416 e. The SMILES string of the molecule is NC(=S)Nc1cc(C(F)(F)F)cc(F)c1Br. The zero-order valence-electron chi connectivity index (χ0n) is 7.53. The Balaban J connectivity index is 3.27. The summed E-state index contributed by atoms with van der Waals surface area (Å²) >= 11 is 7.25. The largest absolute Gasteiger partial charge is 0.416 e. The fraction of sp³-hybridized carbons (Fsp3) is 0.125. The van der Waals surface area contributed by atoms with E-state index in [-0.39, 0.29) is 15.3 Å². The summed E-state index contributed by atoms with van der Waals surface area (Å²) in [6.45, 7) is 0. The molecule has 0 aromatic heterocycles. The summed E-state index contributed by atoms with van der Waals surface area (Å²) in [5, 5.41) is 2.00. The predicted molar refractivity (Wildman–Crippen MR) is 59.5 cm³/mol. The van der Waals surface area contributed by atoms with Crippen LogP contribution < -0.4 is 11.1 Å². The lowest BCUT2D eigenvalue weighted by Gasteiger charge is -2.12. The molecular weight excluding hydrogens is 312 g/mol. The lowest BCUT2D eigenvalue weighted by atomic mass is 10.2. The van der Waals surface area contributed by atoms with Crippen molar-refractivity contribution in [1.29, 1.82) is 0 Å². The number of benzene rings is 1. The summed E-state index contributed by atoms with van der Waals surface area (Å²) in [5.41, 5.74) is 3.81. The van der Waals surface area contributed by atoms with E-state index < -0.39 is 17.6 Å². The van der Waals surface area contributed by atoms with Gasteiger partial charge in [-0.2, -0.15) is 13.2 Å². The molecule has 2 nitrogen and oxygen atoms in total. The summed E-state index contributed by atoms with van der Waals surface area (Å²) < 4.78 is 50.0. The highest BCUT2D eigenvalue weighted by atomic mass is 79.9. The molecule has 0 aliphatic carbocycles. The van der Waals surface area contributed by atoms with E-state index in [1.165, 1.54) is 0 Å². The van der Waals surface area contributed by atoms with E-state index in [4.69, 9.17) is 5.73 Å². The van der Waals surface area contributed by atoms with Gasteiger partial charge in [-0.05, 0) is 40.3 Å². The second-order valence-electron chi connectivity index (χ2n) is 2.81. The number of thiocarbonyl (C=S) groups is 1. The van der Waals surface area contributed by atoms with Gasteiger partial charge in [0.1, 0.15) is 5.82 Å². The maximum absolute atomic E-state index is 13.1. The van der Waals surface area contributed by atoms with Gasteiger partial charge in [0.05, 0.1) is 15.7 Å². The average molecular weight is 317 g/mol. The summed E-state index contributed by atoms with van der Waals surface area (Å²) in [6.07, 6.45) is -4.63. The quantitative estimate of drug-likeness (QED) is 0.617. The van der Waals surface area contributed by atoms with Crippen molar-refractivity contribution in [3.63, 3.8) is 0 Å². The Hall–Kier alpha value is -0.890. The van der Waals surface area contributed by atoms with Crippen molar-refractivity contribution in [2.45, 2.75) is 6.18 Å². The molecule has 88 valence electrons. The highest BCUT2D eigenvalue weighted by molar-refractivity contribution is 9.10. The number of nitrogens with one attached hydrogen (secondary N) is 1. The molecule has 1 aromatic rings. The van der Waals surface area contributed by atoms with Gasteiger partial charge >= 0.3 is 6.18 Å². The van der Waals surface area contributed by atoms with Crippen molar-refractivity contribution >= 4 is 38.9 Å². The molecule has 0 fully saturated rings. The Labute approximate surface area is 102 Å². The fourth-order valence-electron chi connectivity index (χ4n) is 0.976. The number of nitrogens with two attached hydrogens (primary N) is 1. The second kappa shape index (κ2) is 4.54. The fourth-order valence-corrected chi connectivity index (χ4v) is 1.41. The standard InChI is InChI=1S/C8H5BrF4N2S/c9-6-4(10)1-3(8(11,12)13)2-5(6)15-7(14)16/h1-2H,(H3,14,15,16). The molecule has 0 aliphatic heterocycles. The van der Waals surface area contributed by atoms with Crippen molar-refractivity contribution in [3.8, 4) is 0 Å². The molecule has 0 saturated heterocycles. The minimum Gasteiger partial charge on any atom is -0.376 e. The van der Waals surface area contributed by atoms with Crippen molar-refractivity contribution < 1.29 is 17.6 Å². The van der Waals surface area contributed by atoms with Gasteiger partial charge in [-0.3, -0.25) is 0 Å². The highest BCUT2D eigenvalue weighted by Gasteiger charge is 2.32. The normalized spacial score (nSPS) is 11.3. The number of hydrogen-bond acceptors (Lipinski definition) is 1. The van der Waals surface area contributed by atoms with E-state index in [0.29, 0.717) is 12.1 Å². The van der Waals surface area contributed by atoms with Crippen LogP contribution in [-0.2, 0) is 6.18 Å².